The zero-order valence-electron chi connectivity index (χ0n) is 75.1. The molecule has 7 aliphatic rings. The van der Waals surface area contributed by atoms with Gasteiger partial charge in [-0.3, -0.25) is 0 Å². The van der Waals surface area contributed by atoms with Crippen molar-refractivity contribution in [1.29, 1.82) is 0 Å². The molecule has 0 nitrogen and oxygen atoms in total. The van der Waals surface area contributed by atoms with Crippen LogP contribution in [0.15, 0.2) is 156 Å². The summed E-state index contributed by atoms with van der Waals surface area (Å²) in [5.74, 6) is 6.00. The molecule has 10 atom stereocenters. The molecule has 606 valence electrons. The van der Waals surface area contributed by atoms with Gasteiger partial charge in [-0.15, -0.1) is 11.3 Å². The molecule has 0 radical (unpaired) electrons. The van der Waals surface area contributed by atoms with E-state index >= 15 is 0 Å². The highest BCUT2D eigenvalue weighted by Gasteiger charge is 2.52. The Bertz CT molecular complexity index is 4850. The molecule has 7 aromatic rings. The normalized spacial score (nSPS) is 23.6. The third-order valence-electron chi connectivity index (χ3n) is 31.5. The number of allylic oxidation sites excluding steroid dienone is 9. The number of hydrogen-bond donors (Lipinski definition) is 0. The van der Waals surface area contributed by atoms with Gasteiger partial charge in [0.1, 0.15) is 0 Å². The summed E-state index contributed by atoms with van der Waals surface area (Å²) in [4.78, 5) is 1.38. The summed E-state index contributed by atoms with van der Waals surface area (Å²) in [6.07, 6.45) is 53.3. The molecular weight excluding hydrogens is 1390 g/mol. The van der Waals surface area contributed by atoms with Crippen LogP contribution in [0.1, 0.15) is 350 Å². The second-order valence-corrected chi connectivity index (χ2v) is 40.7. The van der Waals surface area contributed by atoms with Crippen LogP contribution in [0.5, 0.6) is 0 Å². The van der Waals surface area contributed by atoms with E-state index in [2.05, 4.69) is 296 Å². The van der Waals surface area contributed by atoms with Crippen molar-refractivity contribution in [3.05, 3.63) is 211 Å². The van der Waals surface area contributed by atoms with Gasteiger partial charge >= 0.3 is 0 Å². The Morgan fingerprint density at radius 1 is 0.342 bits per heavy atom. The third-order valence-corrected chi connectivity index (χ3v) is 32.4. The summed E-state index contributed by atoms with van der Waals surface area (Å²) in [6, 6.07) is 44.2. The summed E-state index contributed by atoms with van der Waals surface area (Å²) in [5, 5.41) is 5.32. The van der Waals surface area contributed by atoms with Gasteiger partial charge in [0, 0.05) is 32.0 Å². The topological polar surface area (TPSA) is 0 Å². The summed E-state index contributed by atoms with van der Waals surface area (Å²) in [5.41, 5.74) is 34.0. The molecule has 1 heterocycles. The van der Waals surface area contributed by atoms with Gasteiger partial charge in [0.25, 0.3) is 0 Å². The zero-order valence-corrected chi connectivity index (χ0v) is 75.9. The molecule has 6 aromatic carbocycles. The van der Waals surface area contributed by atoms with E-state index in [0.717, 1.165) is 51.4 Å². The van der Waals surface area contributed by atoms with E-state index in [9.17, 15) is 0 Å². The first-order chi connectivity index (χ1) is 55.0. The Kier molecular flexibility index (Phi) is 25.6. The molecule has 0 saturated heterocycles. The van der Waals surface area contributed by atoms with Gasteiger partial charge in [-0.1, -0.05) is 344 Å². The van der Waals surface area contributed by atoms with Gasteiger partial charge < -0.3 is 0 Å². The van der Waals surface area contributed by atoms with Crippen LogP contribution in [0.2, 0.25) is 0 Å². The van der Waals surface area contributed by atoms with E-state index in [1.807, 2.05) is 11.3 Å². The average Bonchev–Trinajstić information content (AvgIpc) is 1.51. The van der Waals surface area contributed by atoms with Crippen molar-refractivity contribution >= 4 is 34.6 Å². The highest BCUT2D eigenvalue weighted by molar-refractivity contribution is 7.13. The van der Waals surface area contributed by atoms with Crippen molar-refractivity contribution < 1.29 is 0 Å². The molecule has 7 aliphatic carbocycles. The van der Waals surface area contributed by atoms with Gasteiger partial charge in [0.05, 0.1) is 0 Å². The molecule has 1 heteroatoms. The molecule has 0 spiro atoms. The Morgan fingerprint density at radius 3 is 1.13 bits per heavy atom. The second-order valence-electron chi connectivity index (χ2n) is 39.8. The maximum Gasteiger partial charge on any atom is 0.0342 e. The van der Waals surface area contributed by atoms with Crippen LogP contribution in [0.25, 0.3) is 89.4 Å². The Hall–Kier alpha value is -6.54. The molecule has 0 bridgehead atoms. The SMILES string of the molecule is CCCCC(CC)CC1(CC(CC)CCCC)c2cc(-c3ccc4c(c3)C(CC(C)CC)(CC(C)CC)c3cc(-c5ccc6c(c5)C(CC(C)CC)(CC(C)CC)c5c-6c6c(c7c5=CC5=CC(CC(C)CC)(CC(C)CC)C=CC=75)C=C5C=CC(CC(C)CC)(CC(C)CC)C=C56)ccc3-4)ccc2-c2ccc(-c3cccs3)cc21. The fraction of sp³-hybridized carbons (Fsp3) is 0.540. The molecule has 10 unspecified atom stereocenters. The lowest BCUT2D eigenvalue weighted by atomic mass is 9.64. The smallest absolute Gasteiger partial charge is 0.0342 e. The average molecular weight is 1540 g/mol. The van der Waals surface area contributed by atoms with E-state index in [-0.39, 0.29) is 27.1 Å². The molecule has 114 heavy (non-hydrogen) atoms. The molecule has 14 rings (SSSR count). The highest BCUT2D eigenvalue weighted by atomic mass is 32.1. The Balaban J connectivity index is 0.970. The molecule has 0 amide bonds. The number of hydrogen-bond acceptors (Lipinski definition) is 1. The quantitative estimate of drug-likeness (QED) is 0.0360. The fourth-order valence-corrected chi connectivity index (χ4v) is 24.5. The minimum atomic E-state index is -0.213. The van der Waals surface area contributed by atoms with E-state index in [1.165, 1.54) is 214 Å². The van der Waals surface area contributed by atoms with Gasteiger partial charge in [0.2, 0.25) is 0 Å². The molecular formula is C113H148S. The third kappa shape index (κ3) is 15.4. The monoisotopic (exact) mass is 1540 g/mol. The number of benzene rings is 6. The van der Waals surface area contributed by atoms with Crippen LogP contribution in [0.4, 0.5) is 0 Å². The van der Waals surface area contributed by atoms with Crippen molar-refractivity contribution in [2.24, 2.45) is 70.0 Å². The maximum atomic E-state index is 2.87. The van der Waals surface area contributed by atoms with E-state index in [0.29, 0.717) is 59.2 Å². The number of fused-ring (bicyclic) bond motifs is 17. The van der Waals surface area contributed by atoms with Crippen LogP contribution >= 0.6 is 11.3 Å². The van der Waals surface area contributed by atoms with Crippen LogP contribution in [0.3, 0.4) is 0 Å². The summed E-state index contributed by atoms with van der Waals surface area (Å²) < 4.78 is 0. The summed E-state index contributed by atoms with van der Waals surface area (Å²) >= 11 is 1.89. The minimum Gasteiger partial charge on any atom is -0.144 e. The van der Waals surface area contributed by atoms with Gasteiger partial charge in [0.15, 0.2) is 0 Å². The van der Waals surface area contributed by atoms with Gasteiger partial charge in [-0.2, -0.15) is 0 Å². The van der Waals surface area contributed by atoms with Crippen LogP contribution in [0, 0.1) is 70.0 Å². The summed E-state index contributed by atoms with van der Waals surface area (Å²) in [7, 11) is 0. The molecule has 1 aromatic heterocycles. The molecule has 0 aliphatic heterocycles. The largest absolute Gasteiger partial charge is 0.144 e. The second kappa shape index (κ2) is 34.8. The van der Waals surface area contributed by atoms with Gasteiger partial charge in [-0.25, -0.2) is 0 Å². The van der Waals surface area contributed by atoms with Gasteiger partial charge in [-0.05, 0) is 316 Å². The van der Waals surface area contributed by atoms with Crippen molar-refractivity contribution in [2.45, 2.75) is 322 Å². The molecule has 0 saturated carbocycles. The van der Waals surface area contributed by atoms with Crippen molar-refractivity contribution in [3.63, 3.8) is 0 Å². The van der Waals surface area contributed by atoms with E-state index in [1.54, 1.807) is 44.5 Å². The van der Waals surface area contributed by atoms with E-state index in [4.69, 9.17) is 0 Å². The predicted molar refractivity (Wildman–Crippen MR) is 502 cm³/mol. The Labute approximate surface area is 698 Å². The number of rotatable bonds is 39. The van der Waals surface area contributed by atoms with Crippen LogP contribution in [-0.4, -0.2) is 0 Å². The lowest BCUT2D eigenvalue weighted by Gasteiger charge is -2.39. The van der Waals surface area contributed by atoms with Crippen LogP contribution < -0.4 is 10.4 Å². The number of thiophene rings is 1. The van der Waals surface area contributed by atoms with E-state index < -0.39 is 0 Å². The predicted octanol–water partition coefficient (Wildman–Crippen LogP) is 33.0. The standard InChI is InChI=1S/C113H148S/c1-21-33-36-81(31-11)69-112(70-82(32-12)37-34-22-2)101-58-85(41-46-93(101)94-47-43-88(60-102(94)112)104-38-35-53-114-104)83-39-44-91-92-45-40-84(57-100(92)111(99(91)56-83,65-77(17)27-7)66-78(18)28-8)86-42-48-95-103(59-86)113(67-79(19)29-9,68-80(20)30-10)108-97-55-89-71-109(61-73(13)23-3,62-74(14)24-4)52-50-90(89)105(97)96-54-87-49-51-110(63-75(15)25-5,64-76(16)26-6)72-98(87)106(96)107(95)108/h35,38-60,71-82H,21-34,36-37,61-70H2,1-20H3. The van der Waals surface area contributed by atoms with Crippen molar-refractivity contribution in [2.75, 3.05) is 0 Å². The first-order valence-electron chi connectivity index (χ1n) is 47.3. The van der Waals surface area contributed by atoms with Crippen molar-refractivity contribution in [1.82, 2.24) is 0 Å². The first kappa shape index (κ1) is 83.9. The zero-order chi connectivity index (χ0) is 80.8. The molecule has 0 fully saturated rings. The lowest BCUT2D eigenvalue weighted by molar-refractivity contribution is 0.266. The fourth-order valence-electron chi connectivity index (χ4n) is 23.8. The highest BCUT2D eigenvalue weighted by Crippen LogP contribution is 2.64. The first-order valence-corrected chi connectivity index (χ1v) is 48.2. The summed E-state index contributed by atoms with van der Waals surface area (Å²) in [6.45, 7) is 49.8. The minimum absolute atomic E-state index is 0.00957. The van der Waals surface area contributed by atoms with Crippen LogP contribution in [-0.2, 0) is 16.2 Å². The maximum absolute atomic E-state index is 2.87. The van der Waals surface area contributed by atoms with Crippen molar-refractivity contribution in [3.8, 4) is 66.1 Å². The molecule has 0 N–H and O–H groups in total. The lowest BCUT2D eigenvalue weighted by Crippen LogP contribution is -2.40. The Morgan fingerprint density at radius 2 is 0.719 bits per heavy atom. The number of unbranched alkanes of at least 4 members (excludes halogenated alkanes) is 2.